The van der Waals surface area contributed by atoms with Crippen LogP contribution in [-0.2, 0) is 9.59 Å². The summed E-state index contributed by atoms with van der Waals surface area (Å²) in [5.41, 5.74) is 2.68. The molecular formula is C21H26N2O2S. The molecule has 1 atom stereocenters. The van der Waals surface area contributed by atoms with Gasteiger partial charge in [-0.05, 0) is 56.2 Å². The molecule has 0 aliphatic rings. The Kier molecular flexibility index (Phi) is 7.73. The second-order valence-corrected chi connectivity index (χ2v) is 7.71. The second kappa shape index (κ2) is 10.0. The van der Waals surface area contributed by atoms with E-state index in [0.717, 1.165) is 34.7 Å². The van der Waals surface area contributed by atoms with Gasteiger partial charge in [0, 0.05) is 22.7 Å². The van der Waals surface area contributed by atoms with Crippen LogP contribution in [0.1, 0.15) is 38.7 Å². The van der Waals surface area contributed by atoms with Gasteiger partial charge >= 0.3 is 0 Å². The molecule has 2 aromatic carbocycles. The van der Waals surface area contributed by atoms with Crippen LogP contribution in [0.3, 0.4) is 0 Å². The summed E-state index contributed by atoms with van der Waals surface area (Å²) >= 11 is 1.47. The lowest BCUT2D eigenvalue weighted by Gasteiger charge is -2.13. The van der Waals surface area contributed by atoms with Crippen LogP contribution < -0.4 is 10.6 Å². The molecular weight excluding hydrogens is 344 g/mol. The molecule has 0 aliphatic carbocycles. The van der Waals surface area contributed by atoms with Crippen molar-refractivity contribution in [1.82, 2.24) is 0 Å². The quantitative estimate of drug-likeness (QED) is 0.625. The molecule has 0 heterocycles. The number of benzene rings is 2. The number of aryl methyl sites for hydroxylation is 1. The molecule has 4 nitrogen and oxygen atoms in total. The van der Waals surface area contributed by atoms with E-state index in [1.54, 1.807) is 0 Å². The summed E-state index contributed by atoms with van der Waals surface area (Å²) in [6.07, 6.45) is 2.41. The van der Waals surface area contributed by atoms with Crippen molar-refractivity contribution in [2.45, 2.75) is 50.2 Å². The van der Waals surface area contributed by atoms with Crippen molar-refractivity contribution in [1.29, 1.82) is 0 Å². The van der Waals surface area contributed by atoms with E-state index in [-0.39, 0.29) is 17.1 Å². The van der Waals surface area contributed by atoms with Crippen molar-refractivity contribution >= 4 is 35.0 Å². The highest BCUT2D eigenvalue weighted by Gasteiger charge is 2.15. The summed E-state index contributed by atoms with van der Waals surface area (Å²) in [7, 11) is 0. The third kappa shape index (κ3) is 6.56. The fourth-order valence-electron chi connectivity index (χ4n) is 2.43. The number of thioether (sulfide) groups is 1. The van der Waals surface area contributed by atoms with Gasteiger partial charge in [0.1, 0.15) is 0 Å². The van der Waals surface area contributed by atoms with E-state index in [0.29, 0.717) is 6.42 Å². The fourth-order valence-corrected chi connectivity index (χ4v) is 3.36. The number of amides is 2. The maximum Gasteiger partial charge on any atom is 0.237 e. The minimum atomic E-state index is -0.249. The lowest BCUT2D eigenvalue weighted by atomic mass is 10.2. The average Bonchev–Trinajstić information content (AvgIpc) is 2.60. The van der Waals surface area contributed by atoms with Crippen LogP contribution in [0.25, 0.3) is 0 Å². The van der Waals surface area contributed by atoms with Gasteiger partial charge in [-0.1, -0.05) is 31.5 Å². The van der Waals surface area contributed by atoms with Crippen molar-refractivity contribution in [2.75, 3.05) is 10.6 Å². The smallest absolute Gasteiger partial charge is 0.237 e. The van der Waals surface area contributed by atoms with Crippen LogP contribution in [0.5, 0.6) is 0 Å². The van der Waals surface area contributed by atoms with Gasteiger partial charge in [-0.2, -0.15) is 0 Å². The van der Waals surface area contributed by atoms with E-state index in [2.05, 4.69) is 17.6 Å². The number of nitrogens with one attached hydrogen (secondary N) is 2. The van der Waals surface area contributed by atoms with Gasteiger partial charge in [0.05, 0.1) is 5.25 Å². The van der Waals surface area contributed by atoms with Gasteiger partial charge < -0.3 is 10.6 Å². The van der Waals surface area contributed by atoms with E-state index < -0.39 is 0 Å². The molecule has 0 bridgehead atoms. The highest BCUT2D eigenvalue weighted by atomic mass is 32.2. The third-order valence-electron chi connectivity index (χ3n) is 3.84. The number of carbonyl (C=O) groups is 2. The van der Waals surface area contributed by atoms with Gasteiger partial charge in [0.25, 0.3) is 0 Å². The predicted octanol–water partition coefficient (Wildman–Crippen LogP) is 5.24. The largest absolute Gasteiger partial charge is 0.326 e. The maximum atomic E-state index is 12.4. The summed E-state index contributed by atoms with van der Waals surface area (Å²) in [5, 5.41) is 5.61. The number of hydrogen-bond acceptors (Lipinski definition) is 3. The molecule has 1 unspecified atom stereocenters. The van der Waals surface area contributed by atoms with Gasteiger partial charge in [-0.3, -0.25) is 9.59 Å². The van der Waals surface area contributed by atoms with Crippen molar-refractivity contribution < 1.29 is 9.59 Å². The summed E-state index contributed by atoms with van der Waals surface area (Å²) in [4.78, 5) is 25.2. The minimum Gasteiger partial charge on any atom is -0.326 e. The van der Waals surface area contributed by atoms with Crippen molar-refractivity contribution in [3.05, 3.63) is 54.1 Å². The molecule has 0 spiro atoms. The molecule has 0 aromatic heterocycles. The molecule has 26 heavy (non-hydrogen) atoms. The molecule has 0 saturated heterocycles. The van der Waals surface area contributed by atoms with Crippen LogP contribution >= 0.6 is 11.8 Å². The van der Waals surface area contributed by atoms with Crippen molar-refractivity contribution in [3.8, 4) is 0 Å². The number of carbonyl (C=O) groups excluding carboxylic acids is 2. The first-order valence-corrected chi connectivity index (χ1v) is 9.80. The molecule has 5 heteroatoms. The highest BCUT2D eigenvalue weighted by molar-refractivity contribution is 8.00. The second-order valence-electron chi connectivity index (χ2n) is 6.30. The van der Waals surface area contributed by atoms with E-state index in [1.807, 2.05) is 62.4 Å². The van der Waals surface area contributed by atoms with Gasteiger partial charge in [-0.25, -0.2) is 0 Å². The molecule has 0 saturated carbocycles. The first-order chi connectivity index (χ1) is 12.5. The monoisotopic (exact) mass is 370 g/mol. The SMILES string of the molecule is CCCCC(=O)Nc1cccc(SC(C)C(=O)Nc2cccc(C)c2)c1. The molecule has 2 aromatic rings. The predicted molar refractivity (Wildman–Crippen MR) is 110 cm³/mol. The van der Waals surface area contributed by atoms with E-state index in [1.165, 1.54) is 11.8 Å². The molecule has 2 amide bonds. The van der Waals surface area contributed by atoms with E-state index >= 15 is 0 Å². The number of unbranched alkanes of at least 4 members (excludes halogenated alkanes) is 1. The zero-order valence-corrected chi connectivity index (χ0v) is 16.4. The van der Waals surface area contributed by atoms with Crippen molar-refractivity contribution in [2.24, 2.45) is 0 Å². The van der Waals surface area contributed by atoms with E-state index in [9.17, 15) is 9.59 Å². The topological polar surface area (TPSA) is 58.2 Å². The Morgan fingerprint density at radius 3 is 2.42 bits per heavy atom. The fraction of sp³-hybridized carbons (Fsp3) is 0.333. The van der Waals surface area contributed by atoms with Crippen LogP contribution in [0.4, 0.5) is 11.4 Å². The minimum absolute atomic E-state index is 0.0271. The van der Waals surface area contributed by atoms with Crippen LogP contribution in [0.15, 0.2) is 53.4 Å². The summed E-state index contributed by atoms with van der Waals surface area (Å²) < 4.78 is 0. The average molecular weight is 371 g/mol. The molecule has 2 rings (SSSR count). The van der Waals surface area contributed by atoms with Gasteiger partial charge in [0.15, 0.2) is 0 Å². The van der Waals surface area contributed by atoms with E-state index in [4.69, 9.17) is 0 Å². The molecule has 0 radical (unpaired) electrons. The first kappa shape index (κ1) is 20.0. The Hall–Kier alpha value is -2.27. The van der Waals surface area contributed by atoms with Crippen LogP contribution in [0, 0.1) is 6.92 Å². The molecule has 2 N–H and O–H groups in total. The number of rotatable bonds is 8. The Balaban J connectivity index is 1.93. The molecule has 0 aliphatic heterocycles. The summed E-state index contributed by atoms with van der Waals surface area (Å²) in [5.74, 6) is -0.0165. The third-order valence-corrected chi connectivity index (χ3v) is 4.94. The standard InChI is InChI=1S/C21H26N2O2S/c1-4-5-12-20(24)22-18-10-7-11-19(14-18)26-16(3)21(25)23-17-9-6-8-15(2)13-17/h6-11,13-14,16H,4-5,12H2,1-3H3,(H,22,24)(H,23,25). The first-order valence-electron chi connectivity index (χ1n) is 8.92. The normalized spacial score (nSPS) is 11.7. The number of anilines is 2. The summed E-state index contributed by atoms with van der Waals surface area (Å²) in [6.45, 7) is 5.93. The Bertz CT molecular complexity index is 761. The summed E-state index contributed by atoms with van der Waals surface area (Å²) in [6, 6.07) is 15.4. The maximum absolute atomic E-state index is 12.4. The number of hydrogen-bond donors (Lipinski definition) is 2. The lowest BCUT2D eigenvalue weighted by Crippen LogP contribution is -2.22. The van der Waals surface area contributed by atoms with Crippen LogP contribution in [-0.4, -0.2) is 17.1 Å². The van der Waals surface area contributed by atoms with Crippen molar-refractivity contribution in [3.63, 3.8) is 0 Å². The lowest BCUT2D eigenvalue weighted by molar-refractivity contribution is -0.116. The highest BCUT2D eigenvalue weighted by Crippen LogP contribution is 2.27. The van der Waals surface area contributed by atoms with Gasteiger partial charge in [-0.15, -0.1) is 11.8 Å². The molecule has 138 valence electrons. The zero-order valence-electron chi connectivity index (χ0n) is 15.5. The Morgan fingerprint density at radius 2 is 1.73 bits per heavy atom. The van der Waals surface area contributed by atoms with Crippen LogP contribution in [0.2, 0.25) is 0 Å². The van der Waals surface area contributed by atoms with Gasteiger partial charge in [0.2, 0.25) is 11.8 Å². The zero-order chi connectivity index (χ0) is 18.9. The Morgan fingerprint density at radius 1 is 1.04 bits per heavy atom. The Labute approximate surface area is 159 Å². The molecule has 0 fully saturated rings.